The van der Waals surface area contributed by atoms with Gasteiger partial charge in [0.2, 0.25) is 5.91 Å². The fraction of sp³-hybridized carbons (Fsp3) is 0.333. The van der Waals surface area contributed by atoms with Crippen molar-refractivity contribution in [2.45, 2.75) is 13.8 Å². The molecule has 0 bridgehead atoms. The average molecular weight is 221 g/mol. The summed E-state index contributed by atoms with van der Waals surface area (Å²) in [4.78, 5) is 24.1. The monoisotopic (exact) mass is 221 g/mol. The Kier molecular flexibility index (Phi) is 4.05. The molecule has 0 fully saturated rings. The number of ether oxygens (including phenoxy) is 1. The van der Waals surface area contributed by atoms with Gasteiger partial charge in [0.1, 0.15) is 6.54 Å². The first-order valence-corrected chi connectivity index (χ1v) is 4.96. The van der Waals surface area contributed by atoms with Gasteiger partial charge in [0.15, 0.2) is 0 Å². The van der Waals surface area contributed by atoms with Crippen molar-refractivity contribution in [2.75, 3.05) is 18.6 Å². The Morgan fingerprint density at radius 2 is 1.94 bits per heavy atom. The van der Waals surface area contributed by atoms with Crippen LogP contribution in [0.15, 0.2) is 24.3 Å². The van der Waals surface area contributed by atoms with Crippen LogP contribution >= 0.6 is 0 Å². The molecule has 0 N–H and O–H groups in total. The molecule has 0 saturated carbocycles. The predicted octanol–water partition coefficient (Wildman–Crippen LogP) is 1.52. The van der Waals surface area contributed by atoms with Crippen LogP contribution in [0.1, 0.15) is 12.5 Å². The number of hydrogen-bond acceptors (Lipinski definition) is 3. The van der Waals surface area contributed by atoms with Crippen LogP contribution < -0.4 is 4.90 Å². The van der Waals surface area contributed by atoms with E-state index < -0.39 is 5.97 Å². The van der Waals surface area contributed by atoms with E-state index in [0.29, 0.717) is 0 Å². The number of nitrogens with zero attached hydrogens (tertiary/aromatic N) is 1. The summed E-state index contributed by atoms with van der Waals surface area (Å²) >= 11 is 0. The number of rotatable bonds is 3. The van der Waals surface area contributed by atoms with Crippen LogP contribution in [0.5, 0.6) is 0 Å². The Morgan fingerprint density at radius 3 is 2.44 bits per heavy atom. The quantitative estimate of drug-likeness (QED) is 0.727. The largest absolute Gasteiger partial charge is 0.468 e. The van der Waals surface area contributed by atoms with E-state index in [1.807, 2.05) is 25.1 Å². The molecule has 0 unspecified atom stereocenters. The molecule has 0 atom stereocenters. The molecular formula is C12H15NO3. The van der Waals surface area contributed by atoms with Gasteiger partial charge in [0, 0.05) is 12.6 Å². The van der Waals surface area contributed by atoms with Crippen molar-refractivity contribution in [3.05, 3.63) is 29.8 Å². The second-order valence-corrected chi connectivity index (χ2v) is 3.47. The Balaban J connectivity index is 2.99. The molecule has 16 heavy (non-hydrogen) atoms. The number of carbonyl (C=O) groups is 2. The van der Waals surface area contributed by atoms with Gasteiger partial charge in [-0.2, -0.15) is 0 Å². The zero-order chi connectivity index (χ0) is 12.1. The highest BCUT2D eigenvalue weighted by atomic mass is 16.5. The number of amides is 1. The van der Waals surface area contributed by atoms with E-state index in [2.05, 4.69) is 4.74 Å². The summed E-state index contributed by atoms with van der Waals surface area (Å²) in [5, 5.41) is 0. The fourth-order valence-corrected chi connectivity index (χ4v) is 1.43. The van der Waals surface area contributed by atoms with Crippen LogP contribution in [0.25, 0.3) is 0 Å². The van der Waals surface area contributed by atoms with Crippen LogP contribution in [-0.2, 0) is 14.3 Å². The maximum atomic E-state index is 11.5. The highest BCUT2D eigenvalue weighted by molar-refractivity contribution is 5.96. The molecule has 0 aromatic heterocycles. The minimum atomic E-state index is -0.432. The van der Waals surface area contributed by atoms with Gasteiger partial charge in [0.25, 0.3) is 0 Å². The summed E-state index contributed by atoms with van der Waals surface area (Å²) in [6, 6.07) is 7.41. The molecule has 0 radical (unpaired) electrons. The molecule has 1 aromatic rings. The highest BCUT2D eigenvalue weighted by Crippen LogP contribution is 2.19. The molecule has 86 valence electrons. The Bertz CT molecular complexity index is 401. The van der Waals surface area contributed by atoms with Crippen molar-refractivity contribution in [3.63, 3.8) is 0 Å². The smallest absolute Gasteiger partial charge is 0.325 e. The first-order chi connectivity index (χ1) is 7.56. The molecule has 0 spiro atoms. The van der Waals surface area contributed by atoms with Gasteiger partial charge in [-0.25, -0.2) is 0 Å². The van der Waals surface area contributed by atoms with Crippen LogP contribution in [0, 0.1) is 6.92 Å². The molecule has 0 aliphatic carbocycles. The topological polar surface area (TPSA) is 46.6 Å². The van der Waals surface area contributed by atoms with Gasteiger partial charge in [-0.1, -0.05) is 18.2 Å². The maximum Gasteiger partial charge on any atom is 0.325 e. The van der Waals surface area contributed by atoms with E-state index in [-0.39, 0.29) is 12.5 Å². The molecule has 0 saturated heterocycles. The number of aryl methyl sites for hydroxylation is 1. The number of carbonyl (C=O) groups excluding carboxylic acids is 2. The van der Waals surface area contributed by atoms with Crippen LogP contribution in [-0.4, -0.2) is 25.5 Å². The molecule has 1 amide bonds. The van der Waals surface area contributed by atoms with Crippen LogP contribution in [0.3, 0.4) is 0 Å². The zero-order valence-electron chi connectivity index (χ0n) is 9.69. The Labute approximate surface area is 94.8 Å². The average Bonchev–Trinajstić information content (AvgIpc) is 2.26. The second kappa shape index (κ2) is 5.30. The molecule has 0 aliphatic heterocycles. The van der Waals surface area contributed by atoms with Gasteiger partial charge < -0.3 is 9.64 Å². The van der Waals surface area contributed by atoms with Crippen molar-refractivity contribution in [1.29, 1.82) is 0 Å². The van der Waals surface area contributed by atoms with E-state index >= 15 is 0 Å². The standard InChI is InChI=1S/C12H15NO3/c1-9-6-4-5-7-11(9)13(10(2)14)8-12(15)16-3/h4-7H,8H2,1-3H3. The van der Waals surface area contributed by atoms with Crippen molar-refractivity contribution < 1.29 is 14.3 Å². The van der Waals surface area contributed by atoms with Gasteiger partial charge >= 0.3 is 5.97 Å². The SMILES string of the molecule is COC(=O)CN(C(C)=O)c1ccccc1C. The van der Waals surface area contributed by atoms with Gasteiger partial charge in [-0.15, -0.1) is 0 Å². The lowest BCUT2D eigenvalue weighted by Gasteiger charge is -2.21. The van der Waals surface area contributed by atoms with Crippen molar-refractivity contribution in [3.8, 4) is 0 Å². The molecule has 0 aliphatic rings. The summed E-state index contributed by atoms with van der Waals surface area (Å²) in [6.07, 6.45) is 0. The number of anilines is 1. The number of benzene rings is 1. The summed E-state index contributed by atoms with van der Waals surface area (Å²) < 4.78 is 4.56. The van der Waals surface area contributed by atoms with Gasteiger partial charge in [-0.3, -0.25) is 9.59 Å². The number of hydrogen-bond donors (Lipinski definition) is 0. The van der Waals surface area contributed by atoms with E-state index in [1.54, 1.807) is 6.07 Å². The Hall–Kier alpha value is -1.84. The van der Waals surface area contributed by atoms with Crippen molar-refractivity contribution >= 4 is 17.6 Å². The third-order valence-electron chi connectivity index (χ3n) is 2.30. The first-order valence-electron chi connectivity index (χ1n) is 4.96. The molecule has 1 rings (SSSR count). The fourth-order valence-electron chi connectivity index (χ4n) is 1.43. The predicted molar refractivity (Wildman–Crippen MR) is 61.2 cm³/mol. The number of para-hydroxylation sites is 1. The van der Waals surface area contributed by atoms with E-state index in [0.717, 1.165) is 11.3 Å². The number of methoxy groups -OCH3 is 1. The minimum Gasteiger partial charge on any atom is -0.468 e. The van der Waals surface area contributed by atoms with Gasteiger partial charge in [-0.05, 0) is 18.6 Å². The maximum absolute atomic E-state index is 11.5. The lowest BCUT2D eigenvalue weighted by atomic mass is 10.2. The van der Waals surface area contributed by atoms with E-state index in [9.17, 15) is 9.59 Å². The summed E-state index contributed by atoms with van der Waals surface area (Å²) in [5.74, 6) is -0.613. The minimum absolute atomic E-state index is 0.0588. The normalized spacial score (nSPS) is 9.69. The highest BCUT2D eigenvalue weighted by Gasteiger charge is 2.17. The third-order valence-corrected chi connectivity index (χ3v) is 2.30. The lowest BCUT2D eigenvalue weighted by molar-refractivity contribution is -0.139. The Morgan fingerprint density at radius 1 is 1.31 bits per heavy atom. The molecular weight excluding hydrogens is 206 g/mol. The first kappa shape index (κ1) is 12.2. The molecule has 1 aromatic carbocycles. The van der Waals surface area contributed by atoms with E-state index in [1.165, 1.54) is 18.9 Å². The van der Waals surface area contributed by atoms with Crippen LogP contribution in [0.4, 0.5) is 5.69 Å². The lowest BCUT2D eigenvalue weighted by Crippen LogP contribution is -2.34. The third kappa shape index (κ3) is 2.82. The summed E-state index contributed by atoms with van der Waals surface area (Å²) in [6.45, 7) is 3.26. The second-order valence-electron chi connectivity index (χ2n) is 3.47. The number of esters is 1. The van der Waals surface area contributed by atoms with E-state index in [4.69, 9.17) is 0 Å². The van der Waals surface area contributed by atoms with Crippen LogP contribution in [0.2, 0.25) is 0 Å². The van der Waals surface area contributed by atoms with Gasteiger partial charge in [0.05, 0.1) is 7.11 Å². The summed E-state index contributed by atoms with van der Waals surface area (Å²) in [7, 11) is 1.30. The molecule has 4 nitrogen and oxygen atoms in total. The van der Waals surface area contributed by atoms with Crippen molar-refractivity contribution in [1.82, 2.24) is 0 Å². The van der Waals surface area contributed by atoms with Crippen molar-refractivity contribution in [2.24, 2.45) is 0 Å². The molecule has 4 heteroatoms. The zero-order valence-corrected chi connectivity index (χ0v) is 9.69. The molecule has 0 heterocycles. The summed E-state index contributed by atoms with van der Waals surface area (Å²) in [5.41, 5.74) is 1.68.